The van der Waals surface area contributed by atoms with Crippen LogP contribution in [0.2, 0.25) is 0 Å². The van der Waals surface area contributed by atoms with E-state index in [2.05, 4.69) is 50.4 Å². The van der Waals surface area contributed by atoms with Gasteiger partial charge in [0.2, 0.25) is 0 Å². The first-order valence-electron chi connectivity index (χ1n) is 7.10. The van der Waals surface area contributed by atoms with Crippen molar-refractivity contribution in [3.63, 3.8) is 0 Å². The standard InChI is InChI=1S/C15H22BN2P/c1-10-8-15(2,3)18(16)9-19-14-13(10)11-6-4-5-7-12(11)17-14/h4-7,10,13-14,17,19H,8-9H2,1-3H3/t10?,13-,14-/m0/s1. The van der Waals surface area contributed by atoms with E-state index in [-0.39, 0.29) is 5.54 Å². The number of benzene rings is 1. The van der Waals surface area contributed by atoms with Crippen molar-refractivity contribution in [3.05, 3.63) is 29.8 Å². The van der Waals surface area contributed by atoms with Crippen LogP contribution < -0.4 is 5.32 Å². The molecule has 0 saturated carbocycles. The van der Waals surface area contributed by atoms with Gasteiger partial charge in [-0.25, -0.2) is 0 Å². The van der Waals surface area contributed by atoms with Gasteiger partial charge >= 0.3 is 0 Å². The van der Waals surface area contributed by atoms with Crippen LogP contribution in [-0.2, 0) is 0 Å². The topological polar surface area (TPSA) is 15.3 Å². The third-order valence-electron chi connectivity index (χ3n) is 4.68. The average Bonchev–Trinajstić information content (AvgIpc) is 2.72. The van der Waals surface area contributed by atoms with Gasteiger partial charge in [0.25, 0.3) is 0 Å². The minimum atomic E-state index is 0.0922. The van der Waals surface area contributed by atoms with Crippen LogP contribution in [0.4, 0.5) is 5.69 Å². The number of fused-ring (bicyclic) bond motifs is 3. The average molecular weight is 272 g/mol. The molecule has 19 heavy (non-hydrogen) atoms. The highest BCUT2D eigenvalue weighted by molar-refractivity contribution is 7.39. The van der Waals surface area contributed by atoms with E-state index < -0.39 is 0 Å². The fourth-order valence-corrected chi connectivity index (χ4v) is 5.45. The van der Waals surface area contributed by atoms with Gasteiger partial charge < -0.3 is 10.1 Å². The zero-order valence-corrected chi connectivity index (χ0v) is 13.0. The molecule has 1 aromatic carbocycles. The second-order valence-electron chi connectivity index (χ2n) is 6.56. The molecule has 2 aliphatic rings. The molecule has 100 valence electrons. The minimum Gasteiger partial charge on any atom is -0.378 e. The summed E-state index contributed by atoms with van der Waals surface area (Å²) in [7, 11) is 7.09. The number of nitrogens with zero attached hydrogens (tertiary/aromatic N) is 1. The van der Waals surface area contributed by atoms with E-state index >= 15 is 0 Å². The van der Waals surface area contributed by atoms with E-state index in [0.29, 0.717) is 17.6 Å². The Morgan fingerprint density at radius 3 is 2.89 bits per heavy atom. The highest BCUT2D eigenvalue weighted by Crippen LogP contribution is 2.50. The van der Waals surface area contributed by atoms with E-state index in [1.54, 1.807) is 0 Å². The predicted octanol–water partition coefficient (Wildman–Crippen LogP) is 3.36. The van der Waals surface area contributed by atoms with Crippen LogP contribution in [0, 0.1) is 5.92 Å². The molecule has 0 amide bonds. The maximum atomic E-state index is 6.24. The SMILES string of the molecule is [B]N1CP[C@@H]2Nc3ccccc3[C@@H]2C(C)CC1(C)C. The highest BCUT2D eigenvalue weighted by Gasteiger charge is 2.40. The summed E-state index contributed by atoms with van der Waals surface area (Å²) >= 11 is 0. The van der Waals surface area contributed by atoms with Crippen LogP contribution >= 0.6 is 8.58 Å². The van der Waals surface area contributed by atoms with Gasteiger partial charge in [0, 0.05) is 23.4 Å². The number of rotatable bonds is 0. The third kappa shape index (κ3) is 2.32. The number of nitrogens with one attached hydrogen (secondary N) is 1. The summed E-state index contributed by atoms with van der Waals surface area (Å²) in [5, 5.41) is 3.71. The third-order valence-corrected chi connectivity index (χ3v) is 6.15. The molecule has 2 radical (unpaired) electrons. The Hall–Kier alpha value is -0.525. The van der Waals surface area contributed by atoms with Gasteiger partial charge in [-0.3, -0.25) is 0 Å². The van der Waals surface area contributed by atoms with Crippen LogP contribution in [0.5, 0.6) is 0 Å². The van der Waals surface area contributed by atoms with Crippen molar-refractivity contribution in [2.24, 2.45) is 5.92 Å². The molecule has 1 saturated heterocycles. The molecule has 1 N–H and O–H groups in total. The largest absolute Gasteiger partial charge is 0.378 e. The lowest BCUT2D eigenvalue weighted by molar-refractivity contribution is 0.197. The molecule has 2 aliphatic heterocycles. The Labute approximate surface area is 119 Å². The number of para-hydroxylation sites is 1. The normalized spacial score (nSPS) is 35.0. The van der Waals surface area contributed by atoms with Gasteiger partial charge in [0.1, 0.15) is 0 Å². The monoisotopic (exact) mass is 272 g/mol. The number of hydrogen-bond acceptors (Lipinski definition) is 2. The highest BCUT2D eigenvalue weighted by atomic mass is 31.1. The van der Waals surface area contributed by atoms with E-state index in [9.17, 15) is 0 Å². The fourth-order valence-electron chi connectivity index (χ4n) is 3.61. The van der Waals surface area contributed by atoms with Crippen molar-refractivity contribution in [1.82, 2.24) is 4.81 Å². The fraction of sp³-hybridized carbons (Fsp3) is 0.600. The lowest BCUT2D eigenvalue weighted by Crippen LogP contribution is -2.46. The van der Waals surface area contributed by atoms with Crippen molar-refractivity contribution < 1.29 is 0 Å². The Morgan fingerprint density at radius 2 is 2.11 bits per heavy atom. The van der Waals surface area contributed by atoms with Crippen molar-refractivity contribution in [3.8, 4) is 0 Å². The second kappa shape index (κ2) is 4.79. The lowest BCUT2D eigenvalue weighted by atomic mass is 9.79. The smallest absolute Gasteiger partial charge is 0.183 e. The summed E-state index contributed by atoms with van der Waals surface area (Å²) in [4.78, 5) is 2.04. The molecular formula is C15H22BN2P. The first-order chi connectivity index (χ1) is 8.99. The molecule has 3 rings (SSSR count). The van der Waals surface area contributed by atoms with Gasteiger partial charge in [-0.1, -0.05) is 33.7 Å². The van der Waals surface area contributed by atoms with E-state index in [0.717, 1.165) is 21.3 Å². The lowest BCUT2D eigenvalue weighted by Gasteiger charge is -2.43. The Morgan fingerprint density at radius 1 is 1.37 bits per heavy atom. The molecule has 0 aliphatic carbocycles. The van der Waals surface area contributed by atoms with Crippen LogP contribution in [0.25, 0.3) is 0 Å². The molecule has 2 unspecified atom stereocenters. The number of hydrogen-bond donors (Lipinski definition) is 1. The Bertz CT molecular complexity index is 477. The van der Waals surface area contributed by atoms with Gasteiger partial charge in [-0.15, -0.1) is 0 Å². The van der Waals surface area contributed by atoms with Crippen LogP contribution in [-0.4, -0.2) is 30.4 Å². The minimum absolute atomic E-state index is 0.0922. The van der Waals surface area contributed by atoms with Crippen molar-refractivity contribution in [2.45, 2.75) is 44.4 Å². The van der Waals surface area contributed by atoms with Crippen LogP contribution in [0.3, 0.4) is 0 Å². The van der Waals surface area contributed by atoms with Crippen molar-refractivity contribution >= 4 is 22.2 Å². The van der Waals surface area contributed by atoms with E-state index in [1.165, 1.54) is 11.3 Å². The van der Waals surface area contributed by atoms with Crippen LogP contribution in [0.15, 0.2) is 24.3 Å². The maximum Gasteiger partial charge on any atom is 0.183 e. The summed E-state index contributed by atoms with van der Waals surface area (Å²) in [6.07, 6.45) is 2.13. The predicted molar refractivity (Wildman–Crippen MR) is 85.2 cm³/mol. The molecule has 4 atom stereocenters. The summed E-state index contributed by atoms with van der Waals surface area (Å²) in [6.45, 7) is 6.91. The van der Waals surface area contributed by atoms with E-state index in [4.69, 9.17) is 7.98 Å². The summed E-state index contributed by atoms with van der Waals surface area (Å²) in [6, 6.07) is 8.79. The Balaban J connectivity index is 1.94. The van der Waals surface area contributed by atoms with Gasteiger partial charge in [-0.2, -0.15) is 0 Å². The molecular weight excluding hydrogens is 250 g/mol. The maximum absolute atomic E-state index is 6.24. The van der Waals surface area contributed by atoms with E-state index in [1.807, 2.05) is 4.81 Å². The molecule has 2 heterocycles. The van der Waals surface area contributed by atoms with Gasteiger partial charge in [-0.05, 0) is 37.8 Å². The van der Waals surface area contributed by atoms with Crippen molar-refractivity contribution in [1.29, 1.82) is 0 Å². The Kier molecular flexibility index (Phi) is 3.39. The van der Waals surface area contributed by atoms with Crippen LogP contribution in [0.1, 0.15) is 38.7 Å². The molecule has 1 aromatic rings. The molecule has 2 nitrogen and oxygen atoms in total. The molecule has 4 heteroatoms. The molecule has 0 aromatic heterocycles. The summed E-state index contributed by atoms with van der Waals surface area (Å²) in [5.74, 6) is 1.85. The quantitative estimate of drug-likeness (QED) is 0.575. The molecule has 0 spiro atoms. The molecule has 0 bridgehead atoms. The molecule has 1 fully saturated rings. The first kappa shape index (κ1) is 13.5. The summed E-state index contributed by atoms with van der Waals surface area (Å²) < 4.78 is 0. The van der Waals surface area contributed by atoms with Gasteiger partial charge in [0.15, 0.2) is 7.98 Å². The first-order valence-corrected chi connectivity index (χ1v) is 8.39. The summed E-state index contributed by atoms with van der Waals surface area (Å²) in [5.41, 5.74) is 2.93. The number of anilines is 1. The van der Waals surface area contributed by atoms with Gasteiger partial charge in [0.05, 0.1) is 5.78 Å². The second-order valence-corrected chi connectivity index (χ2v) is 7.91. The zero-order chi connectivity index (χ0) is 13.6. The zero-order valence-electron chi connectivity index (χ0n) is 12.0. The van der Waals surface area contributed by atoms with Crippen molar-refractivity contribution in [2.75, 3.05) is 11.6 Å².